The van der Waals surface area contributed by atoms with E-state index in [2.05, 4.69) is 37.4 Å². The van der Waals surface area contributed by atoms with Crippen LogP contribution in [0, 0.1) is 13.8 Å². The molecule has 1 heterocycles. The van der Waals surface area contributed by atoms with Crippen LogP contribution in [0.15, 0.2) is 47.4 Å². The van der Waals surface area contributed by atoms with E-state index in [1.54, 1.807) is 11.8 Å². The topological polar surface area (TPSA) is 38.3 Å². The molecular formula is C19H21NO2S. The summed E-state index contributed by atoms with van der Waals surface area (Å²) in [5, 5.41) is 3.14. The Labute approximate surface area is 141 Å². The van der Waals surface area contributed by atoms with E-state index in [1.807, 2.05) is 24.3 Å². The first kappa shape index (κ1) is 15.9. The maximum Gasteiger partial charge on any atom is 0.230 e. The number of nitrogens with one attached hydrogen (secondary N) is 1. The summed E-state index contributed by atoms with van der Waals surface area (Å²) in [7, 11) is 0. The molecule has 0 radical (unpaired) electrons. The third-order valence-corrected chi connectivity index (χ3v) is 5.16. The molecule has 0 spiro atoms. The molecule has 2 aromatic carbocycles. The summed E-state index contributed by atoms with van der Waals surface area (Å²) in [4.78, 5) is 13.5. The van der Waals surface area contributed by atoms with E-state index in [4.69, 9.17) is 4.74 Å². The molecule has 120 valence electrons. The van der Waals surface area contributed by atoms with E-state index in [0.29, 0.717) is 12.4 Å². The monoisotopic (exact) mass is 327 g/mol. The lowest BCUT2D eigenvalue weighted by molar-refractivity contribution is -0.119. The van der Waals surface area contributed by atoms with E-state index in [0.717, 1.165) is 22.6 Å². The van der Waals surface area contributed by atoms with Gasteiger partial charge < -0.3 is 10.1 Å². The number of aryl methyl sites for hydroxylation is 2. The summed E-state index contributed by atoms with van der Waals surface area (Å²) < 4.78 is 5.63. The lowest BCUT2D eigenvalue weighted by atomic mass is 10.0. The second-order valence-electron chi connectivity index (χ2n) is 5.85. The smallest absolute Gasteiger partial charge is 0.230 e. The van der Waals surface area contributed by atoms with Gasteiger partial charge in [0.05, 0.1) is 18.4 Å². The van der Waals surface area contributed by atoms with Gasteiger partial charge in [-0.2, -0.15) is 0 Å². The van der Waals surface area contributed by atoms with E-state index < -0.39 is 0 Å². The predicted octanol–water partition coefficient (Wildman–Crippen LogP) is 4.04. The minimum atomic E-state index is 0.0483. The predicted molar refractivity (Wildman–Crippen MR) is 94.1 cm³/mol. The highest BCUT2D eigenvalue weighted by Crippen LogP contribution is 2.31. The molecule has 3 nitrogen and oxygen atoms in total. The third kappa shape index (κ3) is 3.88. The van der Waals surface area contributed by atoms with Gasteiger partial charge in [0.2, 0.25) is 5.91 Å². The summed E-state index contributed by atoms with van der Waals surface area (Å²) in [5.41, 5.74) is 3.54. The number of rotatable bonds is 4. The normalized spacial score (nSPS) is 16.3. The molecule has 1 unspecified atom stereocenters. The van der Waals surface area contributed by atoms with Crippen molar-refractivity contribution in [1.29, 1.82) is 0 Å². The molecular weight excluding hydrogens is 306 g/mol. The van der Waals surface area contributed by atoms with Crippen LogP contribution in [0.5, 0.6) is 5.75 Å². The van der Waals surface area contributed by atoms with Crippen molar-refractivity contribution in [3.8, 4) is 5.75 Å². The highest BCUT2D eigenvalue weighted by molar-refractivity contribution is 8.00. The molecule has 0 saturated heterocycles. The van der Waals surface area contributed by atoms with Crippen molar-refractivity contribution in [3.63, 3.8) is 0 Å². The molecule has 0 aromatic heterocycles. The van der Waals surface area contributed by atoms with E-state index in [9.17, 15) is 4.79 Å². The van der Waals surface area contributed by atoms with Gasteiger partial charge in [0, 0.05) is 16.9 Å². The fourth-order valence-electron chi connectivity index (χ4n) is 2.83. The lowest BCUT2D eigenvalue weighted by Gasteiger charge is -2.26. The number of benzene rings is 2. The van der Waals surface area contributed by atoms with Gasteiger partial charge in [0.25, 0.3) is 0 Å². The number of amides is 1. The molecule has 4 heteroatoms. The van der Waals surface area contributed by atoms with Crippen LogP contribution in [0.25, 0.3) is 0 Å². The minimum absolute atomic E-state index is 0.0483. The average molecular weight is 327 g/mol. The van der Waals surface area contributed by atoms with Crippen LogP contribution in [0.2, 0.25) is 0 Å². The number of thioether (sulfide) groups is 1. The number of hydrogen-bond donors (Lipinski definition) is 1. The van der Waals surface area contributed by atoms with E-state index in [-0.39, 0.29) is 11.9 Å². The van der Waals surface area contributed by atoms with Crippen molar-refractivity contribution in [2.75, 3.05) is 12.4 Å². The molecule has 1 aliphatic rings. The molecule has 23 heavy (non-hydrogen) atoms. The quantitative estimate of drug-likeness (QED) is 0.862. The van der Waals surface area contributed by atoms with Gasteiger partial charge in [-0.1, -0.05) is 35.9 Å². The Kier molecular flexibility index (Phi) is 4.91. The van der Waals surface area contributed by atoms with E-state index >= 15 is 0 Å². The zero-order valence-electron chi connectivity index (χ0n) is 13.5. The largest absolute Gasteiger partial charge is 0.493 e. The summed E-state index contributed by atoms with van der Waals surface area (Å²) in [5.74, 6) is 1.38. The van der Waals surface area contributed by atoms with Gasteiger partial charge in [-0.25, -0.2) is 0 Å². The Hall–Kier alpha value is -1.94. The van der Waals surface area contributed by atoms with Gasteiger partial charge in [-0.15, -0.1) is 11.8 Å². The lowest BCUT2D eigenvalue weighted by Crippen LogP contribution is -2.33. The van der Waals surface area contributed by atoms with Crippen molar-refractivity contribution in [1.82, 2.24) is 5.32 Å². The maximum absolute atomic E-state index is 12.3. The first-order valence-electron chi connectivity index (χ1n) is 7.84. The second-order valence-corrected chi connectivity index (χ2v) is 6.87. The Morgan fingerprint density at radius 1 is 1.26 bits per heavy atom. The Bertz CT molecular complexity index is 714. The molecule has 1 aliphatic heterocycles. The molecule has 0 bridgehead atoms. The Morgan fingerprint density at radius 3 is 2.91 bits per heavy atom. The first-order valence-corrected chi connectivity index (χ1v) is 8.83. The molecule has 0 fully saturated rings. The van der Waals surface area contributed by atoms with Gasteiger partial charge in [0.1, 0.15) is 5.75 Å². The number of ether oxygens (including phenoxy) is 1. The van der Waals surface area contributed by atoms with Crippen LogP contribution in [0.3, 0.4) is 0 Å². The molecule has 0 saturated carbocycles. The van der Waals surface area contributed by atoms with Crippen LogP contribution in [0.1, 0.15) is 29.2 Å². The molecule has 1 amide bonds. The summed E-state index contributed by atoms with van der Waals surface area (Å²) >= 11 is 1.59. The van der Waals surface area contributed by atoms with Gasteiger partial charge in [-0.3, -0.25) is 4.79 Å². The van der Waals surface area contributed by atoms with Crippen molar-refractivity contribution in [2.45, 2.75) is 31.2 Å². The Morgan fingerprint density at radius 2 is 2.09 bits per heavy atom. The first-order chi connectivity index (χ1) is 11.1. The fourth-order valence-corrected chi connectivity index (χ4v) is 3.65. The molecule has 3 rings (SSSR count). The zero-order valence-corrected chi connectivity index (χ0v) is 14.3. The SMILES string of the molecule is Cc1ccc(SCC(=O)NC2CCOc3ccccc32)c(C)c1. The van der Waals surface area contributed by atoms with Crippen LogP contribution < -0.4 is 10.1 Å². The van der Waals surface area contributed by atoms with Crippen LogP contribution in [0.4, 0.5) is 0 Å². The number of carbonyl (C=O) groups is 1. The highest BCUT2D eigenvalue weighted by atomic mass is 32.2. The average Bonchev–Trinajstić information content (AvgIpc) is 2.54. The number of carbonyl (C=O) groups excluding carboxylic acids is 1. The number of para-hydroxylation sites is 1. The third-order valence-electron chi connectivity index (χ3n) is 3.98. The highest BCUT2D eigenvalue weighted by Gasteiger charge is 2.22. The molecule has 1 N–H and O–H groups in total. The van der Waals surface area contributed by atoms with Crippen molar-refractivity contribution < 1.29 is 9.53 Å². The van der Waals surface area contributed by atoms with Crippen molar-refractivity contribution in [2.24, 2.45) is 0 Å². The van der Waals surface area contributed by atoms with Crippen molar-refractivity contribution >= 4 is 17.7 Å². The second kappa shape index (κ2) is 7.09. The van der Waals surface area contributed by atoms with Crippen LogP contribution in [-0.2, 0) is 4.79 Å². The Balaban J connectivity index is 1.60. The number of hydrogen-bond acceptors (Lipinski definition) is 3. The van der Waals surface area contributed by atoms with Gasteiger partial charge in [0.15, 0.2) is 0 Å². The zero-order chi connectivity index (χ0) is 16.2. The summed E-state index contributed by atoms with van der Waals surface area (Å²) in [6.45, 7) is 4.81. The minimum Gasteiger partial charge on any atom is -0.493 e. The fraction of sp³-hybridized carbons (Fsp3) is 0.316. The van der Waals surface area contributed by atoms with Crippen LogP contribution in [-0.4, -0.2) is 18.3 Å². The molecule has 0 aliphatic carbocycles. The van der Waals surface area contributed by atoms with Crippen LogP contribution >= 0.6 is 11.8 Å². The van der Waals surface area contributed by atoms with E-state index in [1.165, 1.54) is 11.1 Å². The van der Waals surface area contributed by atoms with Gasteiger partial charge >= 0.3 is 0 Å². The number of fused-ring (bicyclic) bond motifs is 1. The maximum atomic E-state index is 12.3. The van der Waals surface area contributed by atoms with Crippen molar-refractivity contribution in [3.05, 3.63) is 59.2 Å². The molecule has 1 atom stereocenters. The molecule has 2 aromatic rings. The summed E-state index contributed by atoms with van der Waals surface area (Å²) in [6, 6.07) is 14.3. The standard InChI is InChI=1S/C19H21NO2S/c1-13-7-8-18(14(2)11-13)23-12-19(21)20-16-9-10-22-17-6-4-3-5-15(16)17/h3-8,11,16H,9-10,12H2,1-2H3,(H,20,21). The van der Waals surface area contributed by atoms with Gasteiger partial charge in [-0.05, 0) is 31.5 Å². The summed E-state index contributed by atoms with van der Waals surface area (Å²) in [6.07, 6.45) is 0.816.